The van der Waals surface area contributed by atoms with Crippen LogP contribution in [0.25, 0.3) is 0 Å². The van der Waals surface area contributed by atoms with Gasteiger partial charge in [-0.15, -0.1) is 6.58 Å². The summed E-state index contributed by atoms with van der Waals surface area (Å²) in [7, 11) is 0. The molecule has 1 aromatic rings. The molecule has 0 unspecified atom stereocenters. The maximum Gasteiger partial charge on any atom is 0.320 e. The summed E-state index contributed by atoms with van der Waals surface area (Å²) in [5.41, 5.74) is 0. The van der Waals surface area contributed by atoms with Gasteiger partial charge in [0.2, 0.25) is 0 Å². The Morgan fingerprint density at radius 2 is 2.39 bits per heavy atom. The fourth-order valence-corrected chi connectivity index (χ4v) is 2.06. The van der Waals surface area contributed by atoms with E-state index in [1.165, 1.54) is 6.26 Å². The number of anilines is 1. The first-order valence-corrected chi connectivity index (χ1v) is 6.09. The molecule has 18 heavy (non-hydrogen) atoms. The van der Waals surface area contributed by atoms with E-state index in [1.54, 1.807) is 6.07 Å². The van der Waals surface area contributed by atoms with E-state index < -0.39 is 0 Å². The highest BCUT2D eigenvalue weighted by Gasteiger charge is 2.19. The molecule has 0 spiro atoms. The van der Waals surface area contributed by atoms with E-state index in [-0.39, 0.29) is 12.1 Å². The molecule has 1 aliphatic rings. The number of carbonyl (C=O) groups is 1. The van der Waals surface area contributed by atoms with E-state index in [1.807, 2.05) is 6.08 Å². The first-order chi connectivity index (χ1) is 8.78. The second kappa shape index (κ2) is 6.20. The third-order valence-corrected chi connectivity index (χ3v) is 2.99. The molecule has 0 radical (unpaired) electrons. The van der Waals surface area contributed by atoms with Crippen molar-refractivity contribution < 1.29 is 9.32 Å². The molecule has 1 fully saturated rings. The monoisotopic (exact) mass is 250 g/mol. The van der Waals surface area contributed by atoms with Crippen LogP contribution in [0.3, 0.4) is 0 Å². The maximum atomic E-state index is 11.7. The number of nitrogens with zero attached hydrogens (tertiary/aromatic N) is 2. The zero-order valence-corrected chi connectivity index (χ0v) is 10.3. The van der Waals surface area contributed by atoms with Crippen LogP contribution < -0.4 is 10.6 Å². The van der Waals surface area contributed by atoms with Crippen molar-refractivity contribution in [1.29, 1.82) is 0 Å². The summed E-state index contributed by atoms with van der Waals surface area (Å²) in [6, 6.07) is 1.59. The summed E-state index contributed by atoms with van der Waals surface area (Å²) < 4.78 is 4.64. The minimum absolute atomic E-state index is 0.220. The number of nitrogens with one attached hydrogen (secondary N) is 2. The molecule has 0 saturated carbocycles. The average molecular weight is 250 g/mol. The number of rotatable bonds is 4. The number of likely N-dealkylation sites (tertiary alicyclic amines) is 1. The number of aromatic nitrogens is 1. The highest BCUT2D eigenvalue weighted by Crippen LogP contribution is 2.10. The number of carbonyl (C=O) groups excluding carboxylic acids is 1. The van der Waals surface area contributed by atoms with E-state index in [2.05, 4.69) is 31.8 Å². The fourth-order valence-electron chi connectivity index (χ4n) is 2.06. The molecular formula is C12H18N4O2. The minimum atomic E-state index is -0.230. The smallest absolute Gasteiger partial charge is 0.320 e. The summed E-state index contributed by atoms with van der Waals surface area (Å²) in [5.74, 6) is 0.427. The molecule has 2 heterocycles. The number of hydrogen-bond acceptors (Lipinski definition) is 4. The first-order valence-electron chi connectivity index (χ1n) is 6.09. The van der Waals surface area contributed by atoms with Crippen LogP contribution in [0.4, 0.5) is 10.6 Å². The Kier molecular flexibility index (Phi) is 4.35. The van der Waals surface area contributed by atoms with Crippen molar-refractivity contribution in [3.05, 3.63) is 25.0 Å². The zero-order chi connectivity index (χ0) is 12.8. The van der Waals surface area contributed by atoms with Gasteiger partial charge in [0.1, 0.15) is 6.26 Å². The van der Waals surface area contributed by atoms with Crippen LogP contribution in [0.15, 0.2) is 29.5 Å². The fraction of sp³-hybridized carbons (Fsp3) is 0.500. The predicted molar refractivity (Wildman–Crippen MR) is 68.3 cm³/mol. The summed E-state index contributed by atoms with van der Waals surface area (Å²) in [6.07, 6.45) is 5.24. The topological polar surface area (TPSA) is 70.4 Å². The molecule has 1 aliphatic heterocycles. The third-order valence-electron chi connectivity index (χ3n) is 2.99. The van der Waals surface area contributed by atoms with Crippen LogP contribution in [0.1, 0.15) is 12.8 Å². The molecule has 0 aromatic carbocycles. The van der Waals surface area contributed by atoms with E-state index in [4.69, 9.17) is 0 Å². The second-order valence-corrected chi connectivity index (χ2v) is 4.35. The Morgan fingerprint density at radius 3 is 3.00 bits per heavy atom. The molecular weight excluding hydrogens is 232 g/mol. The Morgan fingerprint density at radius 1 is 1.61 bits per heavy atom. The van der Waals surface area contributed by atoms with Crippen LogP contribution in [0, 0.1) is 0 Å². The molecule has 0 bridgehead atoms. The average Bonchev–Trinajstić information content (AvgIpc) is 2.84. The molecule has 98 valence electrons. The standard InChI is InChI=1S/C12H18N4O2/c1-2-6-16-7-3-10(4-8-16)13-12(17)14-11-5-9-18-15-11/h2,5,9-10H,1,3-4,6-8H2,(H2,13,14,15,17). The van der Waals surface area contributed by atoms with Crippen LogP contribution in [0.5, 0.6) is 0 Å². The van der Waals surface area contributed by atoms with Gasteiger partial charge in [-0.25, -0.2) is 4.79 Å². The van der Waals surface area contributed by atoms with Crippen molar-refractivity contribution in [2.24, 2.45) is 0 Å². The largest absolute Gasteiger partial charge is 0.363 e. The lowest BCUT2D eigenvalue weighted by Gasteiger charge is -2.31. The van der Waals surface area contributed by atoms with Gasteiger partial charge in [0.15, 0.2) is 5.82 Å². The van der Waals surface area contributed by atoms with E-state index in [9.17, 15) is 4.79 Å². The van der Waals surface area contributed by atoms with Crippen molar-refractivity contribution in [3.8, 4) is 0 Å². The molecule has 2 amide bonds. The van der Waals surface area contributed by atoms with Crippen molar-refractivity contribution in [1.82, 2.24) is 15.4 Å². The van der Waals surface area contributed by atoms with Gasteiger partial charge in [0.05, 0.1) is 0 Å². The van der Waals surface area contributed by atoms with Gasteiger partial charge in [0.25, 0.3) is 0 Å². The molecule has 2 N–H and O–H groups in total. The predicted octanol–water partition coefficient (Wildman–Crippen LogP) is 1.45. The van der Waals surface area contributed by atoms with Gasteiger partial charge >= 0.3 is 6.03 Å². The van der Waals surface area contributed by atoms with Gasteiger partial charge in [-0.05, 0) is 12.8 Å². The normalized spacial score (nSPS) is 17.3. The number of amides is 2. The molecule has 0 atom stereocenters. The Labute approximate surface area is 106 Å². The summed E-state index contributed by atoms with van der Waals surface area (Å²) in [4.78, 5) is 14.0. The molecule has 6 heteroatoms. The number of urea groups is 1. The van der Waals surface area contributed by atoms with Crippen molar-refractivity contribution >= 4 is 11.8 Å². The Bertz CT molecular complexity index is 383. The lowest BCUT2D eigenvalue weighted by atomic mass is 10.1. The van der Waals surface area contributed by atoms with Gasteiger partial charge in [-0.2, -0.15) is 0 Å². The van der Waals surface area contributed by atoms with Crippen molar-refractivity contribution in [2.45, 2.75) is 18.9 Å². The Balaban J connectivity index is 1.71. The zero-order valence-electron chi connectivity index (χ0n) is 10.3. The van der Waals surface area contributed by atoms with Crippen LogP contribution in [-0.2, 0) is 0 Å². The van der Waals surface area contributed by atoms with E-state index in [0.29, 0.717) is 5.82 Å². The summed E-state index contributed by atoms with van der Waals surface area (Å²) in [6.45, 7) is 6.62. The highest BCUT2D eigenvalue weighted by atomic mass is 16.5. The maximum absolute atomic E-state index is 11.7. The lowest BCUT2D eigenvalue weighted by molar-refractivity contribution is 0.209. The second-order valence-electron chi connectivity index (χ2n) is 4.35. The van der Waals surface area contributed by atoms with Gasteiger partial charge < -0.3 is 9.84 Å². The van der Waals surface area contributed by atoms with Crippen LogP contribution >= 0.6 is 0 Å². The van der Waals surface area contributed by atoms with Crippen LogP contribution in [0.2, 0.25) is 0 Å². The van der Waals surface area contributed by atoms with Gasteiger partial charge in [-0.3, -0.25) is 10.2 Å². The molecule has 0 aliphatic carbocycles. The lowest BCUT2D eigenvalue weighted by Crippen LogP contribution is -2.45. The van der Waals surface area contributed by atoms with E-state index >= 15 is 0 Å². The van der Waals surface area contributed by atoms with Crippen LogP contribution in [-0.4, -0.2) is 41.8 Å². The summed E-state index contributed by atoms with van der Waals surface area (Å²) >= 11 is 0. The first kappa shape index (κ1) is 12.6. The third kappa shape index (κ3) is 3.59. The molecule has 6 nitrogen and oxygen atoms in total. The molecule has 1 saturated heterocycles. The molecule has 1 aromatic heterocycles. The van der Waals surface area contributed by atoms with E-state index in [0.717, 1.165) is 32.5 Å². The minimum Gasteiger partial charge on any atom is -0.363 e. The van der Waals surface area contributed by atoms with Crippen molar-refractivity contribution in [2.75, 3.05) is 25.0 Å². The SMILES string of the molecule is C=CCN1CCC(NC(=O)Nc2ccon2)CC1. The Hall–Kier alpha value is -1.82. The quantitative estimate of drug-likeness (QED) is 0.793. The highest BCUT2D eigenvalue weighted by molar-refractivity contribution is 5.88. The van der Waals surface area contributed by atoms with Crippen molar-refractivity contribution in [3.63, 3.8) is 0 Å². The molecule has 2 rings (SSSR count). The van der Waals surface area contributed by atoms with Gasteiger partial charge in [-0.1, -0.05) is 11.2 Å². The number of piperidine rings is 1. The number of hydrogen-bond donors (Lipinski definition) is 2. The summed E-state index contributed by atoms with van der Waals surface area (Å²) in [5, 5.41) is 9.18. The van der Waals surface area contributed by atoms with Gasteiger partial charge in [0, 0.05) is 31.7 Å².